The summed E-state index contributed by atoms with van der Waals surface area (Å²) in [6, 6.07) is 9.10. The topological polar surface area (TPSA) is 47.6 Å². The highest BCUT2D eigenvalue weighted by atomic mass is 35.5. The van der Waals surface area contributed by atoms with Crippen molar-refractivity contribution in [2.24, 2.45) is 0 Å². The number of amides is 1. The lowest BCUT2D eigenvalue weighted by molar-refractivity contribution is -0.123. The van der Waals surface area contributed by atoms with Crippen LogP contribution in [-0.2, 0) is 14.9 Å². The molecule has 1 aliphatic rings. The summed E-state index contributed by atoms with van der Waals surface area (Å²) in [5.41, 5.74) is -0.0556. The highest BCUT2D eigenvalue weighted by molar-refractivity contribution is 7.10. The van der Waals surface area contributed by atoms with Gasteiger partial charge in [-0.25, -0.2) is 0 Å². The molecule has 3 rings (SSSR count). The number of benzene rings is 1. The second-order valence-corrected chi connectivity index (χ2v) is 7.80. The Kier molecular flexibility index (Phi) is 6.23. The molecule has 0 aliphatic carbocycles. The third kappa shape index (κ3) is 4.67. The van der Waals surface area contributed by atoms with Crippen LogP contribution in [0.15, 0.2) is 35.7 Å². The monoisotopic (exact) mass is 399 g/mol. The van der Waals surface area contributed by atoms with E-state index < -0.39 is 0 Å². The van der Waals surface area contributed by atoms with Crippen LogP contribution in [-0.4, -0.2) is 32.3 Å². The highest BCUT2D eigenvalue weighted by Gasteiger charge is 2.35. The van der Waals surface area contributed by atoms with Gasteiger partial charge in [-0.3, -0.25) is 4.79 Å². The van der Waals surface area contributed by atoms with Crippen LogP contribution in [0.3, 0.4) is 0 Å². The van der Waals surface area contributed by atoms with Crippen molar-refractivity contribution in [3.63, 3.8) is 0 Å². The minimum Gasteiger partial charge on any atom is -0.482 e. The third-order valence-corrected chi connectivity index (χ3v) is 6.02. The summed E-state index contributed by atoms with van der Waals surface area (Å²) >= 11 is 13.6. The van der Waals surface area contributed by atoms with Gasteiger partial charge in [0.1, 0.15) is 5.75 Å². The Morgan fingerprint density at radius 1 is 1.28 bits per heavy atom. The molecule has 2 aromatic rings. The van der Waals surface area contributed by atoms with Crippen molar-refractivity contribution in [2.45, 2.75) is 18.3 Å². The first-order chi connectivity index (χ1) is 12.1. The van der Waals surface area contributed by atoms with E-state index in [0.29, 0.717) is 35.6 Å². The van der Waals surface area contributed by atoms with E-state index in [1.54, 1.807) is 29.5 Å². The summed E-state index contributed by atoms with van der Waals surface area (Å²) in [7, 11) is 0. The van der Waals surface area contributed by atoms with Crippen molar-refractivity contribution in [2.75, 3.05) is 26.4 Å². The van der Waals surface area contributed by atoms with Crippen molar-refractivity contribution in [3.8, 4) is 5.75 Å². The molecule has 0 atom stereocenters. The summed E-state index contributed by atoms with van der Waals surface area (Å²) in [5.74, 6) is 0.272. The zero-order valence-electron chi connectivity index (χ0n) is 13.6. The summed E-state index contributed by atoms with van der Waals surface area (Å²) < 4.78 is 11.0. The molecule has 1 saturated heterocycles. The van der Waals surface area contributed by atoms with Gasteiger partial charge in [-0.1, -0.05) is 29.3 Å². The molecular formula is C18H19Cl2NO3S. The van der Waals surface area contributed by atoms with Crippen molar-refractivity contribution in [1.29, 1.82) is 0 Å². The predicted molar refractivity (Wildman–Crippen MR) is 101 cm³/mol. The van der Waals surface area contributed by atoms with E-state index in [2.05, 4.69) is 16.8 Å². The lowest BCUT2D eigenvalue weighted by Crippen LogP contribution is -2.45. The minimum atomic E-state index is -0.173. The Balaban J connectivity index is 1.57. The molecule has 0 radical (unpaired) electrons. The molecule has 1 aromatic carbocycles. The van der Waals surface area contributed by atoms with E-state index in [-0.39, 0.29) is 17.9 Å². The number of hydrogen-bond donors (Lipinski definition) is 1. The Morgan fingerprint density at radius 3 is 2.76 bits per heavy atom. The Hall–Kier alpha value is -1.27. The van der Waals surface area contributed by atoms with Gasteiger partial charge in [-0.15, -0.1) is 11.3 Å². The van der Waals surface area contributed by atoms with E-state index in [1.165, 1.54) is 4.88 Å². The molecule has 0 bridgehead atoms. The second-order valence-electron chi connectivity index (χ2n) is 6.01. The average molecular weight is 400 g/mol. The number of thiophene rings is 1. The molecule has 134 valence electrons. The fourth-order valence-electron chi connectivity index (χ4n) is 2.91. The summed E-state index contributed by atoms with van der Waals surface area (Å²) in [6.45, 7) is 1.92. The molecule has 1 aliphatic heterocycles. The molecule has 1 N–H and O–H groups in total. The Labute approximate surface area is 161 Å². The highest BCUT2D eigenvalue weighted by Crippen LogP contribution is 2.37. The molecule has 0 spiro atoms. The first-order valence-electron chi connectivity index (χ1n) is 8.05. The van der Waals surface area contributed by atoms with Crippen molar-refractivity contribution in [1.82, 2.24) is 5.32 Å². The van der Waals surface area contributed by atoms with Crippen LogP contribution < -0.4 is 10.1 Å². The quantitative estimate of drug-likeness (QED) is 0.787. The molecule has 1 amide bonds. The lowest BCUT2D eigenvalue weighted by atomic mass is 9.78. The van der Waals surface area contributed by atoms with Crippen LogP contribution in [0.4, 0.5) is 0 Å². The molecule has 0 saturated carbocycles. The number of rotatable bonds is 6. The fourth-order valence-corrected chi connectivity index (χ4v) is 4.36. The maximum absolute atomic E-state index is 12.2. The predicted octanol–water partition coefficient (Wildman–Crippen LogP) is 4.30. The van der Waals surface area contributed by atoms with E-state index >= 15 is 0 Å². The van der Waals surface area contributed by atoms with Gasteiger partial charge in [-0.2, -0.15) is 0 Å². The molecule has 7 heteroatoms. The molecule has 1 fully saturated rings. The largest absolute Gasteiger partial charge is 0.482 e. The van der Waals surface area contributed by atoms with Crippen LogP contribution in [0.2, 0.25) is 10.0 Å². The van der Waals surface area contributed by atoms with Crippen molar-refractivity contribution < 1.29 is 14.3 Å². The van der Waals surface area contributed by atoms with Crippen LogP contribution in [0, 0.1) is 0 Å². The van der Waals surface area contributed by atoms with Crippen LogP contribution >= 0.6 is 34.5 Å². The third-order valence-electron chi connectivity index (χ3n) is 4.37. The molecule has 1 aromatic heterocycles. The van der Waals surface area contributed by atoms with E-state index in [0.717, 1.165) is 12.8 Å². The number of carbonyl (C=O) groups is 1. The van der Waals surface area contributed by atoms with Gasteiger partial charge in [0.05, 0.1) is 5.02 Å². The van der Waals surface area contributed by atoms with Gasteiger partial charge in [0.25, 0.3) is 5.91 Å². The first-order valence-corrected chi connectivity index (χ1v) is 9.69. The Morgan fingerprint density at radius 2 is 2.08 bits per heavy atom. The average Bonchev–Trinajstić information content (AvgIpc) is 3.15. The van der Waals surface area contributed by atoms with Gasteiger partial charge in [0.15, 0.2) is 6.61 Å². The summed E-state index contributed by atoms with van der Waals surface area (Å²) in [4.78, 5) is 13.5. The SMILES string of the molecule is O=C(COc1ccc(Cl)cc1Cl)NCC1(c2cccs2)CCOCC1. The Bertz CT molecular complexity index is 715. The molecule has 2 heterocycles. The van der Waals surface area contributed by atoms with E-state index in [1.807, 2.05) is 6.07 Å². The lowest BCUT2D eigenvalue weighted by Gasteiger charge is -2.36. The zero-order chi connectivity index (χ0) is 17.7. The summed E-state index contributed by atoms with van der Waals surface area (Å²) in [5, 5.41) is 5.99. The van der Waals surface area contributed by atoms with E-state index in [4.69, 9.17) is 32.7 Å². The smallest absolute Gasteiger partial charge is 0.257 e. The van der Waals surface area contributed by atoms with Crippen molar-refractivity contribution in [3.05, 3.63) is 50.6 Å². The molecule has 25 heavy (non-hydrogen) atoms. The number of hydrogen-bond acceptors (Lipinski definition) is 4. The second kappa shape index (κ2) is 8.41. The van der Waals surface area contributed by atoms with Crippen LogP contribution in [0.1, 0.15) is 17.7 Å². The molecular weight excluding hydrogens is 381 g/mol. The number of nitrogens with one attached hydrogen (secondary N) is 1. The van der Waals surface area contributed by atoms with Gasteiger partial charge in [-0.05, 0) is 42.5 Å². The molecule has 4 nitrogen and oxygen atoms in total. The standard InChI is InChI=1S/C18H19Cl2NO3S/c19-13-3-4-15(14(20)10-13)24-11-17(22)21-12-18(5-7-23-8-6-18)16-2-1-9-25-16/h1-4,9-10H,5-8,11-12H2,(H,21,22). The van der Waals surface area contributed by atoms with E-state index in [9.17, 15) is 4.79 Å². The van der Waals surface area contributed by atoms with Gasteiger partial charge in [0.2, 0.25) is 0 Å². The number of halogens is 2. The zero-order valence-corrected chi connectivity index (χ0v) is 15.9. The maximum atomic E-state index is 12.2. The van der Waals surface area contributed by atoms with Crippen LogP contribution in [0.5, 0.6) is 5.75 Å². The maximum Gasteiger partial charge on any atom is 0.257 e. The first kappa shape index (κ1) is 18.5. The normalized spacial score (nSPS) is 16.4. The number of carbonyl (C=O) groups excluding carboxylic acids is 1. The minimum absolute atomic E-state index is 0.0556. The van der Waals surface area contributed by atoms with Crippen LogP contribution in [0.25, 0.3) is 0 Å². The molecule has 0 unspecified atom stereocenters. The van der Waals surface area contributed by atoms with Gasteiger partial charge < -0.3 is 14.8 Å². The number of ether oxygens (including phenoxy) is 2. The fraction of sp³-hybridized carbons (Fsp3) is 0.389. The van der Waals surface area contributed by atoms with Gasteiger partial charge in [0, 0.05) is 35.1 Å². The van der Waals surface area contributed by atoms with Crippen molar-refractivity contribution >= 4 is 40.4 Å². The van der Waals surface area contributed by atoms with Gasteiger partial charge >= 0.3 is 0 Å². The summed E-state index contributed by atoms with van der Waals surface area (Å²) in [6.07, 6.45) is 1.80.